The topological polar surface area (TPSA) is 26.3 Å². The lowest BCUT2D eigenvalue weighted by atomic mass is 10.0. The standard InChI is InChI=1S/C39H54Br2O2S4/c1-5-9-12-14-16-18-21-28-23-32(40)45-34(28)36-30-25-31(39(42)43-26-27(8-4)20-11-7-3)44-37(30)38(47-36)35-29(24-33(41)46-35)22-19-17-15-13-10-6-2/h23-25,27H,5-22,26H2,1-4H3. The Kier molecular flexibility index (Phi) is 17.5. The molecule has 4 rings (SSSR count). The van der Waals surface area contributed by atoms with E-state index >= 15 is 0 Å². The highest BCUT2D eigenvalue weighted by molar-refractivity contribution is 9.11. The van der Waals surface area contributed by atoms with Gasteiger partial charge in [0.05, 0.1) is 33.5 Å². The summed E-state index contributed by atoms with van der Waals surface area (Å²) in [7, 11) is 0. The second-order valence-corrected chi connectivity index (χ2v) is 19.9. The molecule has 0 aliphatic carbocycles. The van der Waals surface area contributed by atoms with Crippen LogP contribution in [0.5, 0.6) is 0 Å². The predicted octanol–water partition coefficient (Wildman–Crippen LogP) is 16.1. The molecule has 8 heteroatoms. The Labute approximate surface area is 317 Å². The SMILES string of the molecule is CCCCCCCCc1cc(Br)sc1-c1sc(-c2sc(Br)cc2CCCCCCCC)c2sc(C(=O)OCC(CC)CCCC)cc12. The number of halogens is 2. The molecule has 260 valence electrons. The Balaban J connectivity index is 1.66. The molecule has 2 nitrogen and oxygen atoms in total. The highest BCUT2D eigenvalue weighted by Gasteiger charge is 2.26. The molecule has 4 heterocycles. The third kappa shape index (κ3) is 11.5. The van der Waals surface area contributed by atoms with Crippen LogP contribution >= 0.6 is 77.2 Å². The van der Waals surface area contributed by atoms with Gasteiger partial charge in [-0.3, -0.25) is 0 Å². The first-order chi connectivity index (χ1) is 22.9. The zero-order valence-electron chi connectivity index (χ0n) is 28.9. The Hall–Kier alpha value is -0.510. The molecular formula is C39H54Br2O2S4. The zero-order valence-corrected chi connectivity index (χ0v) is 35.4. The number of hydrogen-bond donors (Lipinski definition) is 0. The molecule has 0 saturated carbocycles. The summed E-state index contributed by atoms with van der Waals surface area (Å²) in [6.45, 7) is 9.51. The highest BCUT2D eigenvalue weighted by atomic mass is 79.9. The number of unbranched alkanes of at least 4 members (excludes halogenated alkanes) is 11. The van der Waals surface area contributed by atoms with Gasteiger partial charge in [-0.1, -0.05) is 111 Å². The van der Waals surface area contributed by atoms with Crippen LogP contribution in [0.3, 0.4) is 0 Å². The van der Waals surface area contributed by atoms with Crippen molar-refractivity contribution >= 4 is 93.3 Å². The molecule has 0 aromatic carbocycles. The number of aryl methyl sites for hydroxylation is 2. The summed E-state index contributed by atoms with van der Waals surface area (Å²) in [6, 6.07) is 6.82. The quantitative estimate of drug-likeness (QED) is 0.0549. The molecule has 0 bridgehead atoms. The Morgan fingerprint density at radius 2 is 1.17 bits per heavy atom. The summed E-state index contributed by atoms with van der Waals surface area (Å²) in [5.41, 5.74) is 2.87. The third-order valence-corrected chi connectivity index (χ3v) is 15.3. The zero-order chi connectivity index (χ0) is 33.6. The molecule has 0 fully saturated rings. The van der Waals surface area contributed by atoms with Gasteiger partial charge in [-0.15, -0.1) is 45.3 Å². The molecular weight excluding hydrogens is 789 g/mol. The minimum Gasteiger partial charge on any atom is -0.461 e. The van der Waals surface area contributed by atoms with Gasteiger partial charge in [0.25, 0.3) is 0 Å². The molecule has 0 N–H and O–H groups in total. The van der Waals surface area contributed by atoms with E-state index in [0.717, 1.165) is 30.6 Å². The second kappa shape index (κ2) is 21.0. The van der Waals surface area contributed by atoms with Gasteiger partial charge in [-0.05, 0) is 99.2 Å². The predicted molar refractivity (Wildman–Crippen MR) is 219 cm³/mol. The highest BCUT2D eigenvalue weighted by Crippen LogP contribution is 2.53. The van der Waals surface area contributed by atoms with E-state index in [4.69, 9.17) is 4.74 Å². The van der Waals surface area contributed by atoms with Crippen LogP contribution in [0.4, 0.5) is 0 Å². The summed E-state index contributed by atoms with van der Waals surface area (Å²) in [5, 5.41) is 1.22. The lowest BCUT2D eigenvalue weighted by Crippen LogP contribution is -2.13. The number of rotatable bonds is 23. The normalized spacial score (nSPS) is 12.4. The molecule has 0 saturated heterocycles. The molecule has 4 aromatic rings. The fourth-order valence-electron chi connectivity index (χ4n) is 6.25. The van der Waals surface area contributed by atoms with Crippen molar-refractivity contribution in [3.63, 3.8) is 0 Å². The van der Waals surface area contributed by atoms with Crippen molar-refractivity contribution in [1.29, 1.82) is 0 Å². The molecule has 1 unspecified atom stereocenters. The largest absolute Gasteiger partial charge is 0.461 e. The Bertz CT molecular complexity index is 1420. The van der Waals surface area contributed by atoms with E-state index in [1.807, 2.05) is 34.0 Å². The van der Waals surface area contributed by atoms with E-state index in [1.165, 1.54) is 138 Å². The number of carbonyl (C=O) groups excluding carboxylic acids is 1. The average molecular weight is 843 g/mol. The number of carbonyl (C=O) groups is 1. The summed E-state index contributed by atoms with van der Waals surface area (Å²) in [6.07, 6.45) is 22.3. The van der Waals surface area contributed by atoms with Crippen molar-refractivity contribution in [2.24, 2.45) is 5.92 Å². The van der Waals surface area contributed by atoms with Crippen LogP contribution < -0.4 is 0 Å². The van der Waals surface area contributed by atoms with Crippen molar-refractivity contribution < 1.29 is 9.53 Å². The Morgan fingerprint density at radius 1 is 0.638 bits per heavy atom. The van der Waals surface area contributed by atoms with Crippen molar-refractivity contribution in [3.05, 3.63) is 41.8 Å². The smallest absolute Gasteiger partial charge is 0.348 e. The lowest BCUT2D eigenvalue weighted by Gasteiger charge is -2.14. The van der Waals surface area contributed by atoms with Crippen molar-refractivity contribution in [2.75, 3.05) is 6.61 Å². The van der Waals surface area contributed by atoms with Crippen LogP contribution in [0.15, 0.2) is 25.8 Å². The number of ether oxygens (including phenoxy) is 1. The summed E-state index contributed by atoms with van der Waals surface area (Å²) in [5.74, 6) is 0.272. The van der Waals surface area contributed by atoms with Gasteiger partial charge < -0.3 is 4.74 Å². The average Bonchev–Trinajstić information content (AvgIpc) is 3.83. The van der Waals surface area contributed by atoms with Crippen molar-refractivity contribution in [3.8, 4) is 19.5 Å². The van der Waals surface area contributed by atoms with Crippen LogP contribution in [-0.4, -0.2) is 12.6 Å². The van der Waals surface area contributed by atoms with Crippen molar-refractivity contribution in [1.82, 2.24) is 0 Å². The minimum atomic E-state index is -0.164. The molecule has 47 heavy (non-hydrogen) atoms. The monoisotopic (exact) mass is 840 g/mol. The summed E-state index contributed by atoms with van der Waals surface area (Å²) in [4.78, 5) is 19.6. The molecule has 0 aliphatic rings. The second-order valence-electron chi connectivity index (χ2n) is 13.0. The summed E-state index contributed by atoms with van der Waals surface area (Å²) >= 11 is 14.9. The first kappa shape index (κ1) is 39.3. The maximum absolute atomic E-state index is 13.5. The van der Waals surface area contributed by atoms with Gasteiger partial charge >= 0.3 is 5.97 Å². The maximum atomic E-state index is 13.5. The fraction of sp³-hybridized carbons (Fsp3) is 0.615. The van der Waals surface area contributed by atoms with Gasteiger partial charge in [-0.2, -0.15) is 0 Å². The van der Waals surface area contributed by atoms with Crippen LogP contribution in [0, 0.1) is 5.92 Å². The lowest BCUT2D eigenvalue weighted by molar-refractivity contribution is 0.0434. The van der Waals surface area contributed by atoms with E-state index in [2.05, 4.69) is 77.8 Å². The van der Waals surface area contributed by atoms with E-state index in [0.29, 0.717) is 12.5 Å². The van der Waals surface area contributed by atoms with E-state index in [1.54, 1.807) is 11.3 Å². The molecule has 0 spiro atoms. The molecule has 0 amide bonds. The molecule has 4 aromatic heterocycles. The first-order valence-electron chi connectivity index (χ1n) is 18.2. The van der Waals surface area contributed by atoms with Gasteiger partial charge in [0.15, 0.2) is 0 Å². The number of fused-ring (bicyclic) bond motifs is 1. The van der Waals surface area contributed by atoms with Crippen LogP contribution in [-0.2, 0) is 17.6 Å². The van der Waals surface area contributed by atoms with E-state index in [9.17, 15) is 4.79 Å². The molecule has 0 aliphatic heterocycles. The fourth-order valence-corrected chi connectivity index (χ4v) is 12.6. The number of hydrogen-bond acceptors (Lipinski definition) is 6. The molecule has 1 atom stereocenters. The third-order valence-electron chi connectivity index (χ3n) is 9.15. The van der Waals surface area contributed by atoms with E-state index < -0.39 is 0 Å². The summed E-state index contributed by atoms with van der Waals surface area (Å²) < 4.78 is 9.59. The maximum Gasteiger partial charge on any atom is 0.348 e. The van der Waals surface area contributed by atoms with Crippen molar-refractivity contribution in [2.45, 2.75) is 143 Å². The van der Waals surface area contributed by atoms with Gasteiger partial charge in [0.2, 0.25) is 0 Å². The minimum absolute atomic E-state index is 0.164. The number of thiophene rings is 4. The van der Waals surface area contributed by atoms with Crippen LogP contribution in [0.1, 0.15) is 151 Å². The van der Waals surface area contributed by atoms with Crippen LogP contribution in [0.25, 0.3) is 29.6 Å². The molecule has 0 radical (unpaired) electrons. The van der Waals surface area contributed by atoms with Gasteiger partial charge in [0.1, 0.15) is 4.88 Å². The van der Waals surface area contributed by atoms with Crippen LogP contribution in [0.2, 0.25) is 0 Å². The van der Waals surface area contributed by atoms with Gasteiger partial charge in [0, 0.05) is 10.3 Å². The van der Waals surface area contributed by atoms with E-state index in [-0.39, 0.29) is 5.97 Å². The van der Waals surface area contributed by atoms with Gasteiger partial charge in [-0.25, -0.2) is 4.79 Å². The number of esters is 1. The Morgan fingerprint density at radius 3 is 1.72 bits per heavy atom. The first-order valence-corrected chi connectivity index (χ1v) is 23.1.